The Bertz CT molecular complexity index is 1720. The predicted octanol–water partition coefficient (Wildman–Crippen LogP) is 4.54. The van der Waals surface area contributed by atoms with Gasteiger partial charge in [0.15, 0.2) is 5.82 Å². The zero-order valence-corrected chi connectivity index (χ0v) is 23.2. The number of nitrogens with zero attached hydrogens (tertiary/aromatic N) is 7. The van der Waals surface area contributed by atoms with E-state index >= 15 is 0 Å². The molecule has 3 atom stereocenters. The Morgan fingerprint density at radius 2 is 1.92 bits per heavy atom. The lowest BCUT2D eigenvalue weighted by Crippen LogP contribution is -2.38. The number of halogens is 3. The molecule has 0 radical (unpaired) electrons. The topological polar surface area (TPSA) is 99.3 Å². The predicted molar refractivity (Wildman–Crippen MR) is 146 cm³/mol. The van der Waals surface area contributed by atoms with Gasteiger partial charge in [0.25, 0.3) is 5.95 Å². The average Bonchev–Trinajstić information content (AvgIpc) is 3.50. The van der Waals surface area contributed by atoms with Crippen molar-refractivity contribution < 1.29 is 13.0 Å². The number of fused-ring (bicyclic) bond motifs is 5. The highest BCUT2D eigenvalue weighted by Crippen LogP contribution is 2.69. The van der Waals surface area contributed by atoms with Crippen molar-refractivity contribution in [2.45, 2.75) is 44.4 Å². The number of hydrogen-bond donors (Lipinski definition) is 0. The molecule has 39 heavy (non-hydrogen) atoms. The van der Waals surface area contributed by atoms with Crippen molar-refractivity contribution in [1.29, 1.82) is 0 Å². The van der Waals surface area contributed by atoms with Crippen molar-refractivity contribution in [2.24, 2.45) is 5.41 Å². The maximum Gasteiger partial charge on any atom is 0.252 e. The molecule has 12 heteroatoms. The van der Waals surface area contributed by atoms with Gasteiger partial charge in [-0.3, -0.25) is 4.21 Å². The Morgan fingerprint density at radius 3 is 2.64 bits per heavy atom. The maximum absolute atomic E-state index is 14.7. The lowest BCUT2D eigenvalue weighted by atomic mass is 9.66. The quantitative estimate of drug-likeness (QED) is 0.314. The lowest BCUT2D eigenvalue weighted by molar-refractivity contribution is 0.242. The largest absolute Gasteiger partial charge is 0.268 e. The molecule has 0 spiro atoms. The van der Waals surface area contributed by atoms with Gasteiger partial charge in [0.05, 0.1) is 28.1 Å². The fourth-order valence-electron chi connectivity index (χ4n) is 6.31. The summed E-state index contributed by atoms with van der Waals surface area (Å²) in [6.07, 6.45) is 6.93. The van der Waals surface area contributed by atoms with Crippen LogP contribution in [-0.4, -0.2) is 57.0 Å². The summed E-state index contributed by atoms with van der Waals surface area (Å²) >= 11 is 5.82. The highest BCUT2D eigenvalue weighted by molar-refractivity contribution is 7.99. The number of aryl methyl sites for hydroxylation is 1. The van der Waals surface area contributed by atoms with E-state index in [1.165, 1.54) is 4.68 Å². The smallest absolute Gasteiger partial charge is 0.252 e. The van der Waals surface area contributed by atoms with E-state index in [2.05, 4.69) is 45.0 Å². The molecule has 0 amide bonds. The minimum Gasteiger partial charge on any atom is -0.268 e. The average molecular weight is 570 g/mol. The van der Waals surface area contributed by atoms with Crippen LogP contribution in [0.15, 0.2) is 36.8 Å². The van der Waals surface area contributed by atoms with E-state index in [1.54, 1.807) is 24.8 Å². The summed E-state index contributed by atoms with van der Waals surface area (Å²) in [6, 6.07) is 5.78. The summed E-state index contributed by atoms with van der Waals surface area (Å²) in [7, 11) is -2.15. The molecule has 0 N–H and O–H groups in total. The van der Waals surface area contributed by atoms with Crippen molar-refractivity contribution in [3.63, 3.8) is 0 Å². The van der Waals surface area contributed by atoms with Gasteiger partial charge in [0, 0.05) is 29.6 Å². The van der Waals surface area contributed by atoms with E-state index in [-0.39, 0.29) is 27.6 Å². The molecule has 0 saturated heterocycles. The van der Waals surface area contributed by atoms with Crippen LogP contribution in [0, 0.1) is 17.0 Å². The third kappa shape index (κ3) is 4.05. The third-order valence-electron chi connectivity index (χ3n) is 8.23. The molecule has 3 heterocycles. The first kappa shape index (κ1) is 25.9. The summed E-state index contributed by atoms with van der Waals surface area (Å²) in [4.78, 5) is 13.6. The molecule has 2 aliphatic rings. The molecule has 8 nitrogen and oxygen atoms in total. The minimum absolute atomic E-state index is 0.0200. The van der Waals surface area contributed by atoms with Crippen LogP contribution in [0.3, 0.4) is 0 Å². The summed E-state index contributed by atoms with van der Waals surface area (Å²) < 4.78 is 42.9. The van der Waals surface area contributed by atoms with Gasteiger partial charge in [-0.25, -0.2) is 23.7 Å². The van der Waals surface area contributed by atoms with Gasteiger partial charge < -0.3 is 0 Å². The molecule has 1 saturated carbocycles. The van der Waals surface area contributed by atoms with Crippen molar-refractivity contribution in [1.82, 2.24) is 34.9 Å². The zero-order chi connectivity index (χ0) is 27.7. The Hall–Kier alpha value is -3.31. The van der Waals surface area contributed by atoms with E-state index in [0.29, 0.717) is 23.9 Å². The molecule has 202 valence electrons. The van der Waals surface area contributed by atoms with Crippen LogP contribution in [-0.2, 0) is 21.4 Å². The van der Waals surface area contributed by atoms with Crippen molar-refractivity contribution in [3.8, 4) is 17.2 Å². The lowest BCUT2D eigenvalue weighted by Gasteiger charge is -2.37. The number of rotatable bonds is 6. The van der Waals surface area contributed by atoms with Crippen LogP contribution < -0.4 is 0 Å². The van der Waals surface area contributed by atoms with Gasteiger partial charge in [-0.2, -0.15) is 9.78 Å². The van der Waals surface area contributed by atoms with E-state index in [1.807, 2.05) is 6.07 Å². The van der Waals surface area contributed by atoms with Gasteiger partial charge in [-0.15, -0.1) is 10.2 Å². The van der Waals surface area contributed by atoms with E-state index in [4.69, 9.17) is 16.6 Å². The highest BCUT2D eigenvalue weighted by Gasteiger charge is 2.65. The Balaban J connectivity index is 1.41. The number of aromatic nitrogens is 7. The summed E-state index contributed by atoms with van der Waals surface area (Å²) in [5.41, 5.74) is 1.48. The van der Waals surface area contributed by atoms with Crippen LogP contribution in [0.1, 0.15) is 55.4 Å². The fraction of sp³-hybridized carbons (Fsp3) is 0.370. The SMILES string of the molecule is C=S(C)(=O)CCc1ncn(-c2nccc([C@@]34CC[C@@H](c5cc(-c6c(F)cc(Cl)cc6F)nnc53)C4(C)C)n2)n1. The molecular formula is C27H26ClF2N7OS. The van der Waals surface area contributed by atoms with Crippen LogP contribution in [0.25, 0.3) is 17.2 Å². The molecular weight excluding hydrogens is 544 g/mol. The molecule has 1 unspecified atom stereocenters. The first-order valence-electron chi connectivity index (χ1n) is 12.5. The van der Waals surface area contributed by atoms with E-state index < -0.39 is 26.6 Å². The van der Waals surface area contributed by atoms with Crippen LogP contribution in [0.4, 0.5) is 8.78 Å². The molecule has 6 rings (SSSR count). The molecule has 4 aromatic rings. The fourth-order valence-corrected chi connectivity index (χ4v) is 7.12. The Labute approximate surface area is 229 Å². The first-order valence-corrected chi connectivity index (χ1v) is 15.2. The van der Waals surface area contributed by atoms with Crippen LogP contribution >= 0.6 is 11.6 Å². The highest BCUT2D eigenvalue weighted by atomic mass is 35.5. The maximum atomic E-state index is 14.7. The molecule has 1 aromatic carbocycles. The van der Waals surface area contributed by atoms with Gasteiger partial charge >= 0.3 is 0 Å². The molecule has 2 aliphatic carbocycles. The monoisotopic (exact) mass is 569 g/mol. The molecule has 3 aromatic heterocycles. The Kier molecular flexibility index (Phi) is 5.89. The molecule has 1 fully saturated rings. The number of hydrogen-bond acceptors (Lipinski definition) is 7. The first-order chi connectivity index (χ1) is 18.4. The normalized spacial score (nSPS) is 22.6. The minimum atomic E-state index is -2.15. The van der Waals surface area contributed by atoms with Crippen molar-refractivity contribution in [3.05, 3.63) is 76.2 Å². The third-order valence-corrected chi connectivity index (χ3v) is 9.51. The summed E-state index contributed by atoms with van der Waals surface area (Å²) in [6.45, 7) is 4.34. The van der Waals surface area contributed by atoms with Crippen LogP contribution in [0.2, 0.25) is 5.02 Å². The second-order valence-electron chi connectivity index (χ2n) is 11.0. The second kappa shape index (κ2) is 8.85. The van der Waals surface area contributed by atoms with Crippen molar-refractivity contribution >= 4 is 27.0 Å². The van der Waals surface area contributed by atoms with Gasteiger partial charge in [-0.1, -0.05) is 25.4 Å². The van der Waals surface area contributed by atoms with Crippen molar-refractivity contribution in [2.75, 3.05) is 12.0 Å². The summed E-state index contributed by atoms with van der Waals surface area (Å²) in [5.74, 6) is 3.50. The van der Waals surface area contributed by atoms with E-state index in [9.17, 15) is 13.0 Å². The van der Waals surface area contributed by atoms with Gasteiger partial charge in [0.2, 0.25) is 0 Å². The second-order valence-corrected chi connectivity index (χ2v) is 14.2. The summed E-state index contributed by atoms with van der Waals surface area (Å²) in [5, 5.41) is 13.3. The van der Waals surface area contributed by atoms with Gasteiger partial charge in [0.1, 0.15) is 18.0 Å². The van der Waals surface area contributed by atoms with E-state index in [0.717, 1.165) is 41.9 Å². The van der Waals surface area contributed by atoms with Crippen LogP contribution in [0.5, 0.6) is 0 Å². The number of benzene rings is 1. The zero-order valence-electron chi connectivity index (χ0n) is 21.7. The standard InChI is InChI=1S/C27H26ClF2N7OS/c1-26(2)17-5-8-27(26,24-16(17)13-20(34-35-24)23-18(29)11-15(28)12-19(23)30)21-6-9-31-25(33-21)37-14-32-22(36-37)7-10-39(3,4)38/h6,9,11-14,17H,3,5,7-8,10H2,1-2,4H3/t17-,27-,39?/m0/s1. The van der Waals surface area contributed by atoms with Gasteiger partial charge in [-0.05, 0) is 69.4 Å². The Morgan fingerprint density at radius 1 is 1.18 bits per heavy atom. The molecule has 2 bridgehead atoms. The molecule has 0 aliphatic heterocycles.